The Kier molecular flexibility index (Phi) is 3.19. The first-order valence-corrected chi connectivity index (χ1v) is 6.12. The van der Waals surface area contributed by atoms with Crippen LogP contribution < -0.4 is 0 Å². The average Bonchev–Trinajstić information content (AvgIpc) is 2.58. The van der Waals surface area contributed by atoms with Gasteiger partial charge in [0, 0.05) is 0 Å². The Labute approximate surface area is 112 Å². The first-order chi connectivity index (χ1) is 7.99. The summed E-state index contributed by atoms with van der Waals surface area (Å²) >= 11 is 2.00. The standard InChI is InChI=1S/C12H11IN2O2/c1-7-3-8(2)5-9(4-7)15-11(13)10(6-14-15)12(16)17/h3-6H,1-2H3,(H,16,17). The predicted octanol–water partition coefficient (Wildman–Crippen LogP) is 2.79. The number of aromatic carboxylic acids is 1. The topological polar surface area (TPSA) is 55.1 Å². The van der Waals surface area contributed by atoms with Crippen LogP contribution >= 0.6 is 22.6 Å². The molecule has 0 atom stereocenters. The van der Waals surface area contributed by atoms with Crippen molar-refractivity contribution in [3.05, 3.63) is 44.8 Å². The lowest BCUT2D eigenvalue weighted by molar-refractivity contribution is 0.0695. The van der Waals surface area contributed by atoms with Crippen LogP contribution in [0, 0.1) is 17.5 Å². The maximum atomic E-state index is 10.9. The Balaban J connectivity index is 2.57. The maximum absolute atomic E-state index is 10.9. The molecule has 0 aliphatic carbocycles. The third-order valence-electron chi connectivity index (χ3n) is 2.39. The minimum absolute atomic E-state index is 0.227. The number of nitrogens with zero attached hydrogens (tertiary/aromatic N) is 2. The molecule has 2 rings (SSSR count). The molecule has 88 valence electrons. The van der Waals surface area contributed by atoms with Crippen LogP contribution in [0.3, 0.4) is 0 Å². The van der Waals surface area contributed by atoms with E-state index in [1.807, 2.05) is 48.6 Å². The van der Waals surface area contributed by atoms with Crippen LogP contribution in [0.15, 0.2) is 24.4 Å². The van der Waals surface area contributed by atoms with Crippen molar-refractivity contribution in [2.24, 2.45) is 0 Å². The third kappa shape index (κ3) is 2.33. The number of hydrogen-bond donors (Lipinski definition) is 1. The number of carbonyl (C=O) groups is 1. The molecule has 1 aromatic heterocycles. The molecule has 0 saturated carbocycles. The summed E-state index contributed by atoms with van der Waals surface area (Å²) in [5, 5.41) is 13.1. The van der Waals surface area contributed by atoms with E-state index in [0.29, 0.717) is 3.70 Å². The van der Waals surface area contributed by atoms with E-state index in [0.717, 1.165) is 16.8 Å². The normalized spacial score (nSPS) is 10.5. The van der Waals surface area contributed by atoms with Crippen LogP contribution in [0.2, 0.25) is 0 Å². The highest BCUT2D eigenvalue weighted by Crippen LogP contribution is 2.19. The van der Waals surface area contributed by atoms with E-state index < -0.39 is 5.97 Å². The van der Waals surface area contributed by atoms with Crippen LogP contribution in [0.4, 0.5) is 0 Å². The van der Waals surface area contributed by atoms with Gasteiger partial charge in [-0.3, -0.25) is 0 Å². The zero-order chi connectivity index (χ0) is 12.6. The predicted molar refractivity (Wildman–Crippen MR) is 72.7 cm³/mol. The summed E-state index contributed by atoms with van der Waals surface area (Å²) in [5.74, 6) is -0.954. The molecule has 0 spiro atoms. The molecule has 17 heavy (non-hydrogen) atoms. The van der Waals surface area contributed by atoms with E-state index >= 15 is 0 Å². The van der Waals surface area contributed by atoms with Gasteiger partial charge in [0.25, 0.3) is 0 Å². The van der Waals surface area contributed by atoms with Crippen molar-refractivity contribution < 1.29 is 9.90 Å². The Morgan fingerprint density at radius 3 is 2.35 bits per heavy atom. The van der Waals surface area contributed by atoms with E-state index in [4.69, 9.17) is 5.11 Å². The third-order valence-corrected chi connectivity index (χ3v) is 3.43. The molecule has 0 bridgehead atoms. The second kappa shape index (κ2) is 4.48. The van der Waals surface area contributed by atoms with Gasteiger partial charge in [0.2, 0.25) is 0 Å². The van der Waals surface area contributed by atoms with Gasteiger partial charge in [0.05, 0.1) is 11.9 Å². The molecular weight excluding hydrogens is 331 g/mol. The summed E-state index contributed by atoms with van der Waals surface area (Å²) in [6, 6.07) is 6.03. The molecule has 0 aliphatic rings. The lowest BCUT2D eigenvalue weighted by atomic mass is 10.1. The SMILES string of the molecule is Cc1cc(C)cc(-n2ncc(C(=O)O)c2I)c1. The second-order valence-corrected chi connectivity index (χ2v) is 4.93. The highest BCUT2D eigenvalue weighted by Gasteiger charge is 2.15. The molecule has 0 radical (unpaired) electrons. The number of carboxylic acid groups (broad SMARTS) is 1. The molecule has 0 saturated heterocycles. The van der Waals surface area contributed by atoms with Crippen LogP contribution in [0.25, 0.3) is 5.69 Å². The highest BCUT2D eigenvalue weighted by atomic mass is 127. The van der Waals surface area contributed by atoms with Crippen molar-refractivity contribution in [1.82, 2.24) is 9.78 Å². The number of rotatable bonds is 2. The van der Waals surface area contributed by atoms with Gasteiger partial charge in [0.1, 0.15) is 9.26 Å². The van der Waals surface area contributed by atoms with Crippen LogP contribution in [-0.4, -0.2) is 20.9 Å². The Hall–Kier alpha value is -1.37. The van der Waals surface area contributed by atoms with Crippen molar-refractivity contribution in [3.63, 3.8) is 0 Å². The number of aryl methyl sites for hydroxylation is 2. The summed E-state index contributed by atoms with van der Waals surface area (Å²) in [6.45, 7) is 4.01. The van der Waals surface area contributed by atoms with Crippen LogP contribution in [-0.2, 0) is 0 Å². The van der Waals surface area contributed by atoms with Crippen molar-refractivity contribution in [2.75, 3.05) is 0 Å². The molecule has 5 heteroatoms. The van der Waals surface area contributed by atoms with Gasteiger partial charge in [0.15, 0.2) is 0 Å². The number of carboxylic acids is 1. The first kappa shape index (κ1) is 12.1. The molecule has 4 nitrogen and oxygen atoms in total. The highest BCUT2D eigenvalue weighted by molar-refractivity contribution is 14.1. The molecule has 0 unspecified atom stereocenters. The smallest absolute Gasteiger partial charge is 0.340 e. The van der Waals surface area contributed by atoms with Crippen LogP contribution in [0.5, 0.6) is 0 Å². The summed E-state index contributed by atoms with van der Waals surface area (Å²) in [4.78, 5) is 10.9. The summed E-state index contributed by atoms with van der Waals surface area (Å²) < 4.78 is 2.25. The molecule has 1 N–H and O–H groups in total. The van der Waals surface area contributed by atoms with E-state index in [1.54, 1.807) is 4.68 Å². The number of benzene rings is 1. The van der Waals surface area contributed by atoms with Gasteiger partial charge in [-0.1, -0.05) is 6.07 Å². The molecule has 0 amide bonds. The number of aromatic nitrogens is 2. The Bertz CT molecular complexity index is 570. The molecule has 0 aliphatic heterocycles. The summed E-state index contributed by atoms with van der Waals surface area (Å²) in [7, 11) is 0. The summed E-state index contributed by atoms with van der Waals surface area (Å²) in [5.41, 5.74) is 3.37. The second-order valence-electron chi connectivity index (χ2n) is 3.91. The van der Waals surface area contributed by atoms with Gasteiger partial charge in [-0.2, -0.15) is 5.10 Å². The molecule has 1 heterocycles. The number of halogens is 1. The van der Waals surface area contributed by atoms with Crippen molar-refractivity contribution in [2.45, 2.75) is 13.8 Å². The van der Waals surface area contributed by atoms with E-state index in [9.17, 15) is 4.79 Å². The van der Waals surface area contributed by atoms with E-state index in [-0.39, 0.29) is 5.56 Å². The van der Waals surface area contributed by atoms with Crippen LogP contribution in [0.1, 0.15) is 21.5 Å². The monoisotopic (exact) mass is 342 g/mol. The zero-order valence-corrected chi connectivity index (χ0v) is 11.6. The zero-order valence-electron chi connectivity index (χ0n) is 9.44. The van der Waals surface area contributed by atoms with Gasteiger partial charge in [-0.05, 0) is 59.7 Å². The largest absolute Gasteiger partial charge is 0.478 e. The van der Waals surface area contributed by atoms with Gasteiger partial charge in [-0.25, -0.2) is 9.48 Å². The quantitative estimate of drug-likeness (QED) is 0.854. The van der Waals surface area contributed by atoms with Gasteiger partial charge >= 0.3 is 5.97 Å². The first-order valence-electron chi connectivity index (χ1n) is 5.04. The lowest BCUT2D eigenvalue weighted by Gasteiger charge is -2.06. The Morgan fingerprint density at radius 1 is 1.29 bits per heavy atom. The van der Waals surface area contributed by atoms with Gasteiger partial charge in [-0.15, -0.1) is 0 Å². The van der Waals surface area contributed by atoms with E-state index in [2.05, 4.69) is 11.2 Å². The van der Waals surface area contributed by atoms with Crippen molar-refractivity contribution >= 4 is 28.6 Å². The maximum Gasteiger partial charge on any atom is 0.340 e. The minimum Gasteiger partial charge on any atom is -0.478 e. The molecule has 1 aromatic carbocycles. The van der Waals surface area contributed by atoms with Gasteiger partial charge < -0.3 is 5.11 Å². The molecular formula is C12H11IN2O2. The summed E-state index contributed by atoms with van der Waals surface area (Å²) in [6.07, 6.45) is 1.38. The molecule has 2 aromatic rings. The van der Waals surface area contributed by atoms with Crippen molar-refractivity contribution in [3.8, 4) is 5.69 Å². The fraction of sp³-hybridized carbons (Fsp3) is 0.167. The molecule has 0 fully saturated rings. The lowest BCUT2D eigenvalue weighted by Crippen LogP contribution is -2.03. The minimum atomic E-state index is -0.954. The number of hydrogen-bond acceptors (Lipinski definition) is 2. The Morgan fingerprint density at radius 2 is 1.88 bits per heavy atom. The fourth-order valence-electron chi connectivity index (χ4n) is 1.73. The average molecular weight is 342 g/mol. The van der Waals surface area contributed by atoms with Crippen molar-refractivity contribution in [1.29, 1.82) is 0 Å². The van der Waals surface area contributed by atoms with E-state index in [1.165, 1.54) is 6.20 Å². The fourth-order valence-corrected chi connectivity index (χ4v) is 2.50.